The molecule has 0 saturated heterocycles. The Balaban J connectivity index is 2.13. The topological polar surface area (TPSA) is 61.3 Å². The van der Waals surface area contributed by atoms with Crippen molar-refractivity contribution >= 4 is 28.9 Å². The number of carbonyl (C=O) groups excluding carboxylic acids is 1. The van der Waals surface area contributed by atoms with Crippen molar-refractivity contribution in [2.75, 3.05) is 6.61 Å². The standard InChI is InChI=1S/C12H11ClN2O3S/c1-3-17-11(16)10-14-15-12(19-10)18-9-5-4-7(2)6-8(9)13/h4-6H,3H2,1-2H3. The van der Waals surface area contributed by atoms with Gasteiger partial charge in [-0.25, -0.2) is 4.79 Å². The van der Waals surface area contributed by atoms with E-state index in [0.29, 0.717) is 17.4 Å². The summed E-state index contributed by atoms with van der Waals surface area (Å²) in [6, 6.07) is 5.39. The van der Waals surface area contributed by atoms with Gasteiger partial charge in [-0.2, -0.15) is 0 Å². The van der Waals surface area contributed by atoms with Gasteiger partial charge in [0.1, 0.15) is 5.75 Å². The molecule has 7 heteroatoms. The van der Waals surface area contributed by atoms with E-state index in [1.807, 2.05) is 13.0 Å². The molecule has 0 aliphatic heterocycles. The predicted molar refractivity (Wildman–Crippen MR) is 72.1 cm³/mol. The van der Waals surface area contributed by atoms with E-state index in [1.54, 1.807) is 19.1 Å². The largest absolute Gasteiger partial charge is 0.461 e. The maximum Gasteiger partial charge on any atom is 0.369 e. The van der Waals surface area contributed by atoms with Crippen LogP contribution in [0.5, 0.6) is 10.9 Å². The summed E-state index contributed by atoms with van der Waals surface area (Å²) in [6.07, 6.45) is 0. The van der Waals surface area contributed by atoms with E-state index in [4.69, 9.17) is 21.1 Å². The molecule has 0 unspecified atom stereocenters. The van der Waals surface area contributed by atoms with Gasteiger partial charge in [-0.05, 0) is 42.9 Å². The zero-order chi connectivity index (χ0) is 13.8. The van der Waals surface area contributed by atoms with Gasteiger partial charge in [0.05, 0.1) is 11.6 Å². The summed E-state index contributed by atoms with van der Waals surface area (Å²) in [5.74, 6) is -0.0383. The maximum atomic E-state index is 11.4. The molecule has 0 N–H and O–H groups in total. The summed E-state index contributed by atoms with van der Waals surface area (Å²) < 4.78 is 10.3. The second kappa shape index (κ2) is 5.99. The number of aryl methyl sites for hydroxylation is 1. The highest BCUT2D eigenvalue weighted by atomic mass is 35.5. The van der Waals surface area contributed by atoms with Gasteiger partial charge in [-0.3, -0.25) is 0 Å². The first-order valence-electron chi connectivity index (χ1n) is 5.54. The third-order valence-electron chi connectivity index (χ3n) is 2.14. The fourth-order valence-corrected chi connectivity index (χ4v) is 2.19. The predicted octanol–water partition coefficient (Wildman–Crippen LogP) is 3.47. The van der Waals surface area contributed by atoms with Gasteiger partial charge >= 0.3 is 5.97 Å². The molecule has 2 aromatic rings. The van der Waals surface area contributed by atoms with Gasteiger partial charge in [0.25, 0.3) is 5.19 Å². The van der Waals surface area contributed by atoms with Crippen LogP contribution in [0.2, 0.25) is 5.02 Å². The van der Waals surface area contributed by atoms with Crippen molar-refractivity contribution < 1.29 is 14.3 Å². The van der Waals surface area contributed by atoms with E-state index < -0.39 is 5.97 Å². The van der Waals surface area contributed by atoms with Crippen LogP contribution in [0.1, 0.15) is 22.3 Å². The molecule has 1 heterocycles. The summed E-state index contributed by atoms with van der Waals surface area (Å²) >= 11 is 7.05. The Hall–Kier alpha value is -1.66. The number of halogens is 1. The van der Waals surface area contributed by atoms with Gasteiger partial charge in [-0.1, -0.05) is 22.8 Å². The molecule has 0 aliphatic carbocycles. The van der Waals surface area contributed by atoms with E-state index in [0.717, 1.165) is 16.9 Å². The fraction of sp³-hybridized carbons (Fsp3) is 0.250. The minimum Gasteiger partial charge on any atom is -0.461 e. The second-order valence-corrected chi connectivity index (χ2v) is 4.98. The first-order valence-corrected chi connectivity index (χ1v) is 6.74. The van der Waals surface area contributed by atoms with Crippen molar-refractivity contribution in [1.82, 2.24) is 10.2 Å². The molecule has 0 bridgehead atoms. The number of carbonyl (C=O) groups is 1. The van der Waals surface area contributed by atoms with Gasteiger partial charge < -0.3 is 9.47 Å². The number of aromatic nitrogens is 2. The number of hydrogen-bond donors (Lipinski definition) is 0. The summed E-state index contributed by atoms with van der Waals surface area (Å²) in [5, 5.41) is 8.35. The fourth-order valence-electron chi connectivity index (χ4n) is 1.31. The van der Waals surface area contributed by atoms with Gasteiger partial charge in [0.15, 0.2) is 0 Å². The monoisotopic (exact) mass is 298 g/mol. The van der Waals surface area contributed by atoms with Crippen LogP contribution in [0.15, 0.2) is 18.2 Å². The highest BCUT2D eigenvalue weighted by molar-refractivity contribution is 7.14. The molecule has 1 aromatic heterocycles. The molecule has 0 radical (unpaired) electrons. The zero-order valence-electron chi connectivity index (χ0n) is 10.3. The van der Waals surface area contributed by atoms with Crippen LogP contribution in [0.4, 0.5) is 0 Å². The highest BCUT2D eigenvalue weighted by Crippen LogP contribution is 2.31. The van der Waals surface area contributed by atoms with Crippen LogP contribution in [0.25, 0.3) is 0 Å². The smallest absolute Gasteiger partial charge is 0.369 e. The molecule has 0 spiro atoms. The molecule has 0 amide bonds. The van der Waals surface area contributed by atoms with Crippen molar-refractivity contribution in [3.05, 3.63) is 33.8 Å². The summed E-state index contributed by atoms with van der Waals surface area (Å²) in [4.78, 5) is 11.4. The van der Waals surface area contributed by atoms with Crippen LogP contribution >= 0.6 is 22.9 Å². The Morgan fingerprint density at radius 1 is 1.42 bits per heavy atom. The molecule has 5 nitrogen and oxygen atoms in total. The number of rotatable bonds is 4. The van der Waals surface area contributed by atoms with Gasteiger partial charge in [-0.15, -0.1) is 5.10 Å². The van der Waals surface area contributed by atoms with Crippen LogP contribution < -0.4 is 4.74 Å². The van der Waals surface area contributed by atoms with E-state index in [1.165, 1.54) is 0 Å². The average molecular weight is 299 g/mol. The minimum absolute atomic E-state index is 0.153. The first kappa shape index (κ1) is 13.8. The molecule has 0 atom stereocenters. The van der Waals surface area contributed by atoms with Crippen molar-refractivity contribution in [3.8, 4) is 10.9 Å². The first-order chi connectivity index (χ1) is 9.10. The lowest BCUT2D eigenvalue weighted by atomic mass is 10.2. The second-order valence-electron chi connectivity index (χ2n) is 3.63. The van der Waals surface area contributed by atoms with Gasteiger partial charge in [0.2, 0.25) is 5.01 Å². The molecule has 0 aliphatic rings. The van der Waals surface area contributed by atoms with Crippen molar-refractivity contribution in [2.45, 2.75) is 13.8 Å². The summed E-state index contributed by atoms with van der Waals surface area (Å²) in [7, 11) is 0. The van der Waals surface area contributed by atoms with Crippen LogP contribution in [-0.4, -0.2) is 22.8 Å². The Labute approximate surface area is 119 Å². The van der Waals surface area contributed by atoms with E-state index >= 15 is 0 Å². The van der Waals surface area contributed by atoms with Gasteiger partial charge in [0, 0.05) is 0 Å². The quantitative estimate of drug-likeness (QED) is 0.809. The average Bonchev–Trinajstić information content (AvgIpc) is 2.82. The Bertz CT molecular complexity index is 600. The lowest BCUT2D eigenvalue weighted by Gasteiger charge is -2.03. The van der Waals surface area contributed by atoms with Crippen LogP contribution in [0.3, 0.4) is 0 Å². The Morgan fingerprint density at radius 3 is 2.89 bits per heavy atom. The van der Waals surface area contributed by atoms with Crippen molar-refractivity contribution in [2.24, 2.45) is 0 Å². The minimum atomic E-state index is -0.509. The summed E-state index contributed by atoms with van der Waals surface area (Å²) in [5.41, 5.74) is 1.03. The third kappa shape index (κ3) is 3.42. The number of benzene rings is 1. The third-order valence-corrected chi connectivity index (χ3v) is 3.22. The molecule has 0 fully saturated rings. The van der Waals surface area contributed by atoms with E-state index in [9.17, 15) is 4.79 Å². The van der Waals surface area contributed by atoms with E-state index in [2.05, 4.69) is 10.2 Å². The summed E-state index contributed by atoms with van der Waals surface area (Å²) in [6.45, 7) is 3.94. The number of nitrogens with zero attached hydrogens (tertiary/aromatic N) is 2. The van der Waals surface area contributed by atoms with Crippen LogP contribution in [-0.2, 0) is 4.74 Å². The van der Waals surface area contributed by atoms with E-state index in [-0.39, 0.29) is 10.2 Å². The number of hydrogen-bond acceptors (Lipinski definition) is 6. The van der Waals surface area contributed by atoms with Crippen LogP contribution in [0, 0.1) is 6.92 Å². The Morgan fingerprint density at radius 2 is 2.21 bits per heavy atom. The van der Waals surface area contributed by atoms with Crippen molar-refractivity contribution in [3.63, 3.8) is 0 Å². The normalized spacial score (nSPS) is 10.3. The molecule has 2 rings (SSSR count). The lowest BCUT2D eigenvalue weighted by molar-refractivity contribution is 0.0525. The number of esters is 1. The molecule has 100 valence electrons. The molecular weight excluding hydrogens is 288 g/mol. The molecule has 19 heavy (non-hydrogen) atoms. The Kier molecular flexibility index (Phi) is 4.34. The molecule has 1 aromatic carbocycles. The van der Waals surface area contributed by atoms with Crippen molar-refractivity contribution in [1.29, 1.82) is 0 Å². The maximum absolute atomic E-state index is 11.4. The molecular formula is C12H11ClN2O3S. The lowest BCUT2D eigenvalue weighted by Crippen LogP contribution is -2.03. The number of ether oxygens (including phenoxy) is 2. The highest BCUT2D eigenvalue weighted by Gasteiger charge is 2.15. The SMILES string of the molecule is CCOC(=O)c1nnc(Oc2ccc(C)cc2Cl)s1. The molecule has 0 saturated carbocycles. The zero-order valence-corrected chi connectivity index (χ0v) is 11.9.